The average molecular weight is 293 g/mol. The molecule has 1 saturated carbocycles. The van der Waals surface area contributed by atoms with E-state index in [4.69, 9.17) is 0 Å². The number of likely N-dealkylation sites (tertiary alicyclic amines) is 2. The van der Waals surface area contributed by atoms with Gasteiger partial charge < -0.3 is 5.32 Å². The number of carbonyl (C=O) groups is 2. The maximum Gasteiger partial charge on any atom is 0.247 e. The molecule has 2 unspecified atom stereocenters. The van der Waals surface area contributed by atoms with Crippen LogP contribution in [-0.4, -0.2) is 59.4 Å². The molecular formula is C16H27N3O2. The van der Waals surface area contributed by atoms with Gasteiger partial charge in [-0.2, -0.15) is 0 Å². The zero-order valence-corrected chi connectivity index (χ0v) is 13.0. The summed E-state index contributed by atoms with van der Waals surface area (Å²) in [7, 11) is 0. The molecule has 3 rings (SSSR count). The third-order valence-electron chi connectivity index (χ3n) is 5.38. The van der Waals surface area contributed by atoms with Gasteiger partial charge in [0.05, 0.1) is 12.5 Å². The maximum absolute atomic E-state index is 12.5. The zero-order chi connectivity index (χ0) is 14.8. The molecule has 2 aliphatic heterocycles. The Balaban J connectivity index is 1.54. The van der Waals surface area contributed by atoms with Crippen molar-refractivity contribution in [1.29, 1.82) is 0 Å². The number of likely N-dealkylation sites (N-methyl/N-ethyl adjacent to an activating group) is 1. The predicted octanol–water partition coefficient (Wildman–Crippen LogP) is 1.13. The number of nitrogens with one attached hydrogen (secondary N) is 1. The minimum Gasteiger partial charge on any atom is -0.304 e. The van der Waals surface area contributed by atoms with E-state index in [9.17, 15) is 9.59 Å². The number of imide groups is 1. The first-order chi connectivity index (χ1) is 10.2. The highest BCUT2D eigenvalue weighted by Crippen LogP contribution is 2.28. The molecule has 5 heteroatoms. The Hall–Kier alpha value is -0.940. The van der Waals surface area contributed by atoms with Crippen LogP contribution in [0.3, 0.4) is 0 Å². The van der Waals surface area contributed by atoms with E-state index in [2.05, 4.69) is 17.1 Å². The Bertz CT molecular complexity index is 406. The fourth-order valence-electron chi connectivity index (χ4n) is 4.18. The molecule has 21 heavy (non-hydrogen) atoms. The Morgan fingerprint density at radius 3 is 2.62 bits per heavy atom. The van der Waals surface area contributed by atoms with Gasteiger partial charge in [-0.1, -0.05) is 19.8 Å². The minimum absolute atomic E-state index is 0.0212. The highest BCUT2D eigenvalue weighted by Gasteiger charge is 2.43. The topological polar surface area (TPSA) is 52.7 Å². The van der Waals surface area contributed by atoms with Crippen molar-refractivity contribution < 1.29 is 9.59 Å². The summed E-state index contributed by atoms with van der Waals surface area (Å²) in [4.78, 5) is 28.7. The van der Waals surface area contributed by atoms with Gasteiger partial charge in [-0.3, -0.25) is 19.4 Å². The fourth-order valence-corrected chi connectivity index (χ4v) is 4.18. The summed E-state index contributed by atoms with van der Waals surface area (Å²) in [5, 5.41) is 3.37. The third kappa shape index (κ3) is 2.99. The number of hydrogen-bond acceptors (Lipinski definition) is 4. The van der Waals surface area contributed by atoms with E-state index in [1.807, 2.05) is 0 Å². The molecule has 1 aliphatic carbocycles. The van der Waals surface area contributed by atoms with Crippen LogP contribution in [0.5, 0.6) is 0 Å². The monoisotopic (exact) mass is 293 g/mol. The standard InChI is InChI=1S/C16H27N3O2/c1-2-18-9-5-8-13(18)11-17-14-10-15(20)19(16(14)21)12-6-3-4-7-12/h12-14,17H,2-11H2,1H3. The van der Waals surface area contributed by atoms with Gasteiger partial charge in [-0.25, -0.2) is 0 Å². The second-order valence-electron chi connectivity index (χ2n) is 6.63. The van der Waals surface area contributed by atoms with Crippen molar-refractivity contribution in [2.75, 3.05) is 19.6 Å². The zero-order valence-electron chi connectivity index (χ0n) is 13.0. The Labute approximate surface area is 127 Å². The Kier molecular flexibility index (Phi) is 4.60. The van der Waals surface area contributed by atoms with Crippen molar-refractivity contribution >= 4 is 11.8 Å². The molecule has 0 spiro atoms. The molecule has 0 aromatic carbocycles. The molecule has 2 atom stereocenters. The lowest BCUT2D eigenvalue weighted by atomic mass is 10.2. The quantitative estimate of drug-likeness (QED) is 0.772. The van der Waals surface area contributed by atoms with Crippen LogP contribution in [0.2, 0.25) is 0 Å². The first-order valence-electron chi connectivity index (χ1n) is 8.54. The highest BCUT2D eigenvalue weighted by molar-refractivity contribution is 6.05. The number of amides is 2. The van der Waals surface area contributed by atoms with Crippen molar-refractivity contribution in [3.63, 3.8) is 0 Å². The van der Waals surface area contributed by atoms with Gasteiger partial charge in [-0.15, -0.1) is 0 Å². The first-order valence-corrected chi connectivity index (χ1v) is 8.54. The molecule has 118 valence electrons. The number of carbonyl (C=O) groups excluding carboxylic acids is 2. The summed E-state index contributed by atoms with van der Waals surface area (Å²) >= 11 is 0. The van der Waals surface area contributed by atoms with E-state index in [1.54, 1.807) is 4.90 Å². The molecule has 0 radical (unpaired) electrons. The molecular weight excluding hydrogens is 266 g/mol. The molecule has 5 nitrogen and oxygen atoms in total. The minimum atomic E-state index is -0.280. The Morgan fingerprint density at radius 1 is 1.14 bits per heavy atom. The normalized spacial score (nSPS) is 31.8. The second-order valence-corrected chi connectivity index (χ2v) is 6.63. The van der Waals surface area contributed by atoms with Gasteiger partial charge in [-0.05, 0) is 38.8 Å². The van der Waals surface area contributed by atoms with Crippen LogP contribution >= 0.6 is 0 Å². The predicted molar refractivity (Wildman–Crippen MR) is 80.8 cm³/mol. The van der Waals surface area contributed by atoms with Crippen LogP contribution in [0.4, 0.5) is 0 Å². The van der Waals surface area contributed by atoms with Crippen molar-refractivity contribution in [1.82, 2.24) is 15.1 Å². The average Bonchev–Trinajstić information content (AvgIpc) is 3.17. The Morgan fingerprint density at radius 2 is 1.90 bits per heavy atom. The second kappa shape index (κ2) is 6.44. The summed E-state index contributed by atoms with van der Waals surface area (Å²) in [5.41, 5.74) is 0. The summed E-state index contributed by atoms with van der Waals surface area (Å²) in [6, 6.07) is 0.422. The van der Waals surface area contributed by atoms with E-state index in [0.29, 0.717) is 12.5 Å². The van der Waals surface area contributed by atoms with Crippen LogP contribution in [0.15, 0.2) is 0 Å². The molecule has 2 heterocycles. The van der Waals surface area contributed by atoms with Gasteiger partial charge in [0.2, 0.25) is 11.8 Å². The lowest BCUT2D eigenvalue weighted by Gasteiger charge is -2.25. The summed E-state index contributed by atoms with van der Waals surface area (Å²) in [5.74, 6) is 0.0520. The van der Waals surface area contributed by atoms with Gasteiger partial charge >= 0.3 is 0 Å². The van der Waals surface area contributed by atoms with E-state index in [-0.39, 0.29) is 23.9 Å². The van der Waals surface area contributed by atoms with Gasteiger partial charge in [0, 0.05) is 18.6 Å². The smallest absolute Gasteiger partial charge is 0.247 e. The third-order valence-corrected chi connectivity index (χ3v) is 5.38. The van der Waals surface area contributed by atoms with E-state index >= 15 is 0 Å². The number of nitrogens with zero attached hydrogens (tertiary/aromatic N) is 2. The molecule has 1 N–H and O–H groups in total. The molecule has 0 aromatic rings. The van der Waals surface area contributed by atoms with Crippen LogP contribution in [0.25, 0.3) is 0 Å². The summed E-state index contributed by atoms with van der Waals surface area (Å²) in [6.45, 7) is 5.24. The lowest BCUT2D eigenvalue weighted by Crippen LogP contribution is -2.46. The fraction of sp³-hybridized carbons (Fsp3) is 0.875. The van der Waals surface area contributed by atoms with E-state index in [0.717, 1.165) is 45.3 Å². The van der Waals surface area contributed by atoms with Crippen molar-refractivity contribution in [3.05, 3.63) is 0 Å². The molecule has 0 bridgehead atoms. The number of hydrogen-bond donors (Lipinski definition) is 1. The summed E-state index contributed by atoms with van der Waals surface area (Å²) in [6.07, 6.45) is 7.08. The molecule has 2 amide bonds. The highest BCUT2D eigenvalue weighted by atomic mass is 16.2. The number of rotatable bonds is 5. The van der Waals surface area contributed by atoms with Crippen molar-refractivity contribution in [2.24, 2.45) is 0 Å². The van der Waals surface area contributed by atoms with Crippen molar-refractivity contribution in [2.45, 2.75) is 70.0 Å². The van der Waals surface area contributed by atoms with Crippen molar-refractivity contribution in [3.8, 4) is 0 Å². The van der Waals surface area contributed by atoms with Gasteiger partial charge in [0.1, 0.15) is 0 Å². The largest absolute Gasteiger partial charge is 0.304 e. The van der Waals surface area contributed by atoms with Crippen LogP contribution in [0.1, 0.15) is 51.9 Å². The van der Waals surface area contributed by atoms with Gasteiger partial charge in [0.25, 0.3) is 0 Å². The summed E-state index contributed by atoms with van der Waals surface area (Å²) < 4.78 is 0. The van der Waals surface area contributed by atoms with Crippen LogP contribution in [-0.2, 0) is 9.59 Å². The lowest BCUT2D eigenvalue weighted by molar-refractivity contribution is -0.141. The van der Waals surface area contributed by atoms with Gasteiger partial charge in [0.15, 0.2) is 0 Å². The van der Waals surface area contributed by atoms with Crippen LogP contribution < -0.4 is 5.32 Å². The molecule has 3 fully saturated rings. The molecule has 3 aliphatic rings. The molecule has 2 saturated heterocycles. The van der Waals surface area contributed by atoms with E-state index < -0.39 is 0 Å². The van der Waals surface area contributed by atoms with Crippen LogP contribution in [0, 0.1) is 0 Å². The maximum atomic E-state index is 12.5. The van der Waals surface area contributed by atoms with E-state index in [1.165, 1.54) is 12.8 Å². The SMILES string of the molecule is CCN1CCCC1CNC1CC(=O)N(C2CCCC2)C1=O. The first kappa shape index (κ1) is 15.0. The molecule has 0 aromatic heterocycles.